The van der Waals surface area contributed by atoms with Crippen LogP contribution in [0, 0.1) is 49.9 Å². The quantitative estimate of drug-likeness (QED) is 0.0655. The van der Waals surface area contributed by atoms with Gasteiger partial charge in [0.1, 0.15) is 22.3 Å². The van der Waals surface area contributed by atoms with E-state index in [1.165, 1.54) is 138 Å². The number of aromatic nitrogens is 8. The molecule has 11 aromatic carbocycles. The van der Waals surface area contributed by atoms with E-state index in [0.717, 1.165) is 57.9 Å². The molecule has 0 saturated carbocycles. The van der Waals surface area contributed by atoms with Crippen LogP contribution >= 0.6 is 0 Å². The second kappa shape index (κ2) is 42.0. The Balaban J connectivity index is 0.000000125. The van der Waals surface area contributed by atoms with E-state index in [-0.39, 0.29) is 45.9 Å². The van der Waals surface area contributed by atoms with Crippen LogP contribution in [0.5, 0.6) is 0 Å². The maximum absolute atomic E-state index is 4.82. The zero-order chi connectivity index (χ0) is 96.4. The van der Waals surface area contributed by atoms with Gasteiger partial charge in [-0.2, -0.15) is 0 Å². The van der Waals surface area contributed by atoms with Gasteiger partial charge in [-0.3, -0.25) is 0 Å². The summed E-state index contributed by atoms with van der Waals surface area (Å²) < 4.78 is 10.3. The summed E-state index contributed by atoms with van der Waals surface area (Å²) in [6.07, 6.45) is 17.3. The number of fused-ring (bicyclic) bond motifs is 23. The average Bonchev–Trinajstić information content (AvgIpc) is 1.50. The average molecular weight is 2250 g/mol. The summed E-state index contributed by atoms with van der Waals surface area (Å²) in [5.41, 5.74) is 32.8. The van der Waals surface area contributed by atoms with Crippen LogP contribution in [-0.2, 0) is 64.4 Å². The number of benzene rings is 11. The minimum Gasteiger partial charge on any atom is -0.305 e. The Hall–Kier alpha value is -12.7. The van der Waals surface area contributed by atoms with Crippen LogP contribution in [0.4, 0.5) is 0 Å². The summed E-state index contributed by atoms with van der Waals surface area (Å²) in [5.74, 6) is 1.27. The van der Waals surface area contributed by atoms with Crippen molar-refractivity contribution in [1.29, 1.82) is 0 Å². The van der Waals surface area contributed by atoms with Crippen LogP contribution in [0.2, 0.25) is 78.6 Å². The number of aryl methyl sites for hydroxylation is 2. The predicted molar refractivity (Wildman–Crippen MR) is 584 cm³/mol. The SMILES string of the molecule is CC(C)Cc1cc(-c2[c-]ccc(-c3ccccc3)c2)ncc1[Si](C)(C)C.CC(C)Cc1cc2[n+](cc1[Si](C)(C)C)[C@]1(c3ccccc3-c3cccc[n+]31)c1ccccc1-2.Cc1cc(-c2[c-]cccc2)ncc1[Si](C)(C)C.Cc1cc2[n+](cc1[Si](C)(C)C)[C@@]1(c3ccccc3-2)c2ccccc2-c2ccc3ccccc3[n+]21.[Ir].[Ir].[c-]1ccccc1-c1ccccn1.[c-]1ccccc1-c1nccc2ccccc12. The van der Waals surface area contributed by atoms with Gasteiger partial charge < -0.3 is 19.9 Å². The van der Waals surface area contributed by atoms with Crippen LogP contribution < -0.4 is 39.0 Å². The molecule has 2 atom stereocenters. The molecule has 2 radical (unpaired) electrons. The van der Waals surface area contributed by atoms with E-state index in [0.29, 0.717) is 11.8 Å². The Morgan fingerprint density at radius 3 is 1.34 bits per heavy atom. The summed E-state index contributed by atoms with van der Waals surface area (Å²) in [5, 5.41) is 9.68. The van der Waals surface area contributed by atoms with Crippen molar-refractivity contribution in [3.8, 4) is 101 Å². The van der Waals surface area contributed by atoms with Crippen molar-refractivity contribution in [3.63, 3.8) is 0 Å². The largest absolute Gasteiger partial charge is 0.418 e. The van der Waals surface area contributed by atoms with E-state index in [1.807, 2.05) is 121 Å². The Bertz CT molecular complexity index is 7570. The molecule has 12 heterocycles. The van der Waals surface area contributed by atoms with Gasteiger partial charge in [0.05, 0.1) is 54.5 Å². The first kappa shape index (κ1) is 100. The topological polar surface area (TPSA) is 67.1 Å². The van der Waals surface area contributed by atoms with E-state index in [4.69, 9.17) is 4.98 Å². The molecule has 8 nitrogen and oxygen atoms in total. The van der Waals surface area contributed by atoms with Crippen molar-refractivity contribution < 1.29 is 58.5 Å². The number of nitrogens with zero attached hydrogens (tertiary/aromatic N) is 8. The van der Waals surface area contributed by atoms with Crippen molar-refractivity contribution in [1.82, 2.24) is 19.9 Å². The van der Waals surface area contributed by atoms with Crippen LogP contribution in [0.1, 0.15) is 72.2 Å². The second-order valence-electron chi connectivity index (χ2n) is 41.8. The number of hydrogen-bond acceptors (Lipinski definition) is 4. The van der Waals surface area contributed by atoms with Gasteiger partial charge in [0.25, 0.3) is 0 Å². The van der Waals surface area contributed by atoms with Crippen LogP contribution in [0.3, 0.4) is 0 Å². The minimum atomic E-state index is -1.57. The number of rotatable bonds is 13. The van der Waals surface area contributed by atoms with E-state index in [2.05, 4.69) is 439 Å². The Morgan fingerprint density at radius 2 is 0.771 bits per heavy atom. The first-order chi connectivity index (χ1) is 66.5. The molecule has 0 N–H and O–H groups in total. The van der Waals surface area contributed by atoms with Crippen molar-refractivity contribution >= 4 is 74.7 Å². The predicted octanol–water partition coefficient (Wildman–Crippen LogP) is 26.4. The summed E-state index contributed by atoms with van der Waals surface area (Å²) in [4.78, 5) is 18.1. The summed E-state index contributed by atoms with van der Waals surface area (Å²) >= 11 is 0. The maximum Gasteiger partial charge on any atom is 0.418 e. The number of pyridine rings is 8. The fourth-order valence-electron chi connectivity index (χ4n) is 20.9. The molecule has 8 aromatic heterocycles. The summed E-state index contributed by atoms with van der Waals surface area (Å²) in [6.45, 7) is 42.8. The Kier molecular flexibility index (Phi) is 30.1. The standard InChI is InChI=1S/C31H28N2Si.C30H32N2Si.C24H28NSi.C15H18NSi.C15H10N.C11H8N.2Ir/c1-21-19-29-24-13-7-9-15-26(24)31(32(29)20-30(21)34(2,3)4)25-14-8-6-12-23(25)28-18-17-22-11-5-10-16-27(22)33(28)31;1-21(2)18-22-19-28-24-13-7-9-15-26(24)30(32(28)20-29(22)33(3,4)5)25-14-8-6-12-23(25)27-16-10-11-17-31(27)30;1-18(2)14-22-16-23(25-17-24(22)26(3,4)5)21-13-9-12-20(15-21)19-10-7-6-8-11-19;1-12-10-14(13-8-6-5-7-9-13)16-11-15(12)17(2,3)4;1-2-7-13(8-3-1)15-14-9-5-4-6-12(14)10-11-16-15;1-2-6-10(7-3-1)11-8-4-5-9-12-11;;/h5-20H,1-4H3;6-17,19-21H,18H2,1-5H3;6-12,15-18H,14H2,1-5H3;5-8,10-11H,1-4H3;1-7,9-11H;1-6,8-9H;;/q2*+2;4*-1;;/t31-;30-;;;;;;/m01....../s1. The second-order valence-corrected chi connectivity index (χ2v) is 61.9. The van der Waals surface area contributed by atoms with Gasteiger partial charge in [0.2, 0.25) is 28.3 Å². The molecule has 140 heavy (non-hydrogen) atoms. The third-order valence-electron chi connectivity index (χ3n) is 26.9. The molecule has 2 spiro atoms. The molecule has 14 heteroatoms. The van der Waals surface area contributed by atoms with Crippen molar-refractivity contribution in [2.75, 3.05) is 0 Å². The molecular weight excluding hydrogens is 2120 g/mol. The van der Waals surface area contributed by atoms with Gasteiger partial charge in [-0.05, 0) is 178 Å². The molecule has 0 unspecified atom stereocenters. The normalized spacial score (nSPS) is 14.1. The van der Waals surface area contributed by atoms with Crippen LogP contribution in [0.15, 0.2) is 389 Å². The molecule has 4 aliphatic heterocycles. The van der Waals surface area contributed by atoms with Crippen LogP contribution in [0.25, 0.3) is 123 Å². The molecule has 0 aliphatic carbocycles. The van der Waals surface area contributed by atoms with Crippen molar-refractivity contribution in [2.24, 2.45) is 11.8 Å². The summed E-state index contributed by atoms with van der Waals surface area (Å²) in [7, 11) is -5.81. The van der Waals surface area contributed by atoms with Gasteiger partial charge >= 0.3 is 11.3 Å². The molecule has 0 bridgehead atoms. The molecule has 0 amide bonds. The first-order valence-corrected chi connectivity index (χ1v) is 62.7. The number of hydrogen-bond donors (Lipinski definition) is 0. The smallest absolute Gasteiger partial charge is 0.305 e. The third-order valence-corrected chi connectivity index (χ3v) is 35.3. The minimum absolute atomic E-state index is 0. The van der Waals surface area contributed by atoms with Gasteiger partial charge in [-0.15, -0.1) is 161 Å². The first-order valence-electron chi connectivity index (χ1n) is 48.7. The van der Waals surface area contributed by atoms with E-state index in [9.17, 15) is 0 Å². The van der Waals surface area contributed by atoms with E-state index >= 15 is 0 Å². The van der Waals surface area contributed by atoms with Crippen molar-refractivity contribution in [3.05, 3.63) is 458 Å². The van der Waals surface area contributed by atoms with Gasteiger partial charge in [0, 0.05) is 117 Å². The van der Waals surface area contributed by atoms with E-state index in [1.54, 1.807) is 11.4 Å². The monoisotopic (exact) mass is 2250 g/mol. The van der Waals surface area contributed by atoms with Gasteiger partial charge in [-0.25, -0.2) is 0 Å². The fourth-order valence-corrected chi connectivity index (χ4v) is 27.6. The molecule has 0 saturated heterocycles. The molecule has 702 valence electrons. The van der Waals surface area contributed by atoms with Crippen molar-refractivity contribution in [2.45, 2.75) is 144 Å². The van der Waals surface area contributed by atoms with Gasteiger partial charge in [0.15, 0.2) is 18.6 Å². The maximum atomic E-state index is 4.82. The third kappa shape index (κ3) is 20.0. The van der Waals surface area contributed by atoms with Gasteiger partial charge in [-0.1, -0.05) is 257 Å². The fraction of sp³-hybridized carbons (Fsp3) is 0.190. The number of para-hydroxylation sites is 1. The zero-order valence-electron chi connectivity index (χ0n) is 83.8. The molecule has 23 rings (SSSR count). The summed E-state index contributed by atoms with van der Waals surface area (Å²) in [6, 6.07) is 135. The Labute approximate surface area is 861 Å². The van der Waals surface area contributed by atoms with Crippen LogP contribution in [-0.4, -0.2) is 52.2 Å². The molecule has 19 aromatic rings. The zero-order valence-corrected chi connectivity index (χ0v) is 92.6. The Morgan fingerprint density at radius 1 is 0.307 bits per heavy atom. The molecule has 4 aliphatic rings. The van der Waals surface area contributed by atoms with E-state index < -0.39 is 38.0 Å². The molecular formula is C126H124Ir2N8Si4. The molecule has 0 fully saturated rings.